The van der Waals surface area contributed by atoms with E-state index >= 15 is 0 Å². The van der Waals surface area contributed by atoms with Gasteiger partial charge < -0.3 is 50.3 Å². The highest BCUT2D eigenvalue weighted by Gasteiger charge is 2.54. The largest absolute Gasteiger partial charge is 0.472 e. The second-order valence-electron chi connectivity index (χ2n) is 10.6. The Morgan fingerprint density at radius 2 is 1.19 bits per heavy atom. The number of hydrogen-bond acceptors (Lipinski definition) is 12. The third-order valence-electron chi connectivity index (χ3n) is 6.88. The van der Waals surface area contributed by atoms with Crippen LogP contribution in [-0.4, -0.2) is 111 Å². The molecule has 1 aliphatic rings. The number of hydrogen-bond donors (Lipinski definition) is 8. The maximum absolute atomic E-state index is 12.7. The molecule has 15 nitrogen and oxygen atoms in total. The molecule has 1 saturated carbocycles. The quantitative estimate of drug-likeness (QED) is 0.0513. The van der Waals surface area contributed by atoms with Gasteiger partial charge in [-0.1, -0.05) is 64.7 Å². The fourth-order valence-electron chi connectivity index (χ4n) is 4.50. The number of ether oxygens (including phenoxy) is 2. The SMILES string of the molecule is CCCCCCCCO[C@H](COCCCCCCCCN)COP(=O)(O)O[C@@H]1[C@H](O)[C@H](OP(=O)(O)O)[C@@H](O)[C@H](O)[C@H]1O. The molecule has 1 fully saturated rings. The molecular weight excluding hydrogens is 600 g/mol. The molecule has 0 aromatic heterocycles. The number of unbranched alkanes of at least 4 members (excludes halogenated alkanes) is 10. The predicted octanol–water partition coefficient (Wildman–Crippen LogP) is 1.49. The van der Waals surface area contributed by atoms with Crippen LogP contribution in [0.3, 0.4) is 0 Å². The predicted molar refractivity (Wildman–Crippen MR) is 152 cm³/mol. The van der Waals surface area contributed by atoms with E-state index in [9.17, 15) is 34.4 Å². The lowest BCUT2D eigenvalue weighted by Gasteiger charge is -2.43. The van der Waals surface area contributed by atoms with Crippen LogP contribution in [0.2, 0.25) is 0 Å². The van der Waals surface area contributed by atoms with Gasteiger partial charge in [0.25, 0.3) is 0 Å². The maximum atomic E-state index is 12.7. The minimum absolute atomic E-state index is 0.0702. The van der Waals surface area contributed by atoms with Gasteiger partial charge in [0.1, 0.15) is 42.7 Å². The van der Waals surface area contributed by atoms with Gasteiger partial charge in [0.05, 0.1) is 13.2 Å². The maximum Gasteiger partial charge on any atom is 0.472 e. The summed E-state index contributed by atoms with van der Waals surface area (Å²) in [6.07, 6.45) is -1.24. The van der Waals surface area contributed by atoms with Gasteiger partial charge in [-0.2, -0.15) is 0 Å². The lowest BCUT2D eigenvalue weighted by atomic mass is 9.85. The van der Waals surface area contributed by atoms with E-state index < -0.39 is 65.0 Å². The molecule has 252 valence electrons. The summed E-state index contributed by atoms with van der Waals surface area (Å²) in [4.78, 5) is 28.4. The zero-order chi connectivity index (χ0) is 31.6. The average molecular weight is 654 g/mol. The van der Waals surface area contributed by atoms with E-state index in [1.807, 2.05) is 0 Å². The lowest BCUT2D eigenvalue weighted by Crippen LogP contribution is -2.64. The molecule has 9 N–H and O–H groups in total. The molecule has 17 heteroatoms. The summed E-state index contributed by atoms with van der Waals surface area (Å²) in [5.41, 5.74) is 5.50. The molecule has 1 rings (SSSR count). The Bertz CT molecular complexity index is 790. The molecule has 1 aliphatic carbocycles. The average Bonchev–Trinajstić information content (AvgIpc) is 2.93. The minimum Gasteiger partial charge on any atom is -0.387 e. The van der Waals surface area contributed by atoms with Gasteiger partial charge in [0.2, 0.25) is 0 Å². The van der Waals surface area contributed by atoms with Crippen molar-refractivity contribution < 1.29 is 67.3 Å². The molecular formula is C25H53NO14P2. The topological polar surface area (TPSA) is 248 Å². The zero-order valence-electron chi connectivity index (χ0n) is 24.5. The van der Waals surface area contributed by atoms with Gasteiger partial charge in [-0.15, -0.1) is 0 Å². The van der Waals surface area contributed by atoms with Gasteiger partial charge in [-0.3, -0.25) is 13.6 Å². The van der Waals surface area contributed by atoms with Crippen molar-refractivity contribution in [2.24, 2.45) is 5.73 Å². The van der Waals surface area contributed by atoms with Crippen molar-refractivity contribution in [1.29, 1.82) is 0 Å². The van der Waals surface area contributed by atoms with Gasteiger partial charge in [-0.05, 0) is 25.8 Å². The van der Waals surface area contributed by atoms with Gasteiger partial charge in [-0.25, -0.2) is 9.13 Å². The van der Waals surface area contributed by atoms with E-state index in [2.05, 4.69) is 11.4 Å². The van der Waals surface area contributed by atoms with Crippen molar-refractivity contribution in [3.63, 3.8) is 0 Å². The van der Waals surface area contributed by atoms with E-state index in [-0.39, 0.29) is 6.61 Å². The fourth-order valence-corrected chi connectivity index (χ4v) is 6.04. The minimum atomic E-state index is -5.27. The Morgan fingerprint density at radius 3 is 1.76 bits per heavy atom. The molecule has 0 aromatic carbocycles. The van der Waals surface area contributed by atoms with Gasteiger partial charge in [0.15, 0.2) is 0 Å². The number of phosphoric acid groups is 2. The molecule has 1 unspecified atom stereocenters. The van der Waals surface area contributed by atoms with Crippen LogP contribution < -0.4 is 5.73 Å². The Hall–Kier alpha value is -0.0600. The van der Waals surface area contributed by atoms with Crippen molar-refractivity contribution >= 4 is 15.6 Å². The van der Waals surface area contributed by atoms with Crippen LogP contribution in [0, 0.1) is 0 Å². The molecule has 0 bridgehead atoms. The normalized spacial score (nSPS) is 27.2. The van der Waals surface area contributed by atoms with Crippen molar-refractivity contribution in [3.05, 3.63) is 0 Å². The molecule has 0 aromatic rings. The van der Waals surface area contributed by atoms with Crippen LogP contribution in [0.5, 0.6) is 0 Å². The van der Waals surface area contributed by atoms with Crippen LogP contribution in [0.25, 0.3) is 0 Å². The second kappa shape index (κ2) is 21.6. The van der Waals surface area contributed by atoms with Crippen LogP contribution in [-0.2, 0) is 32.2 Å². The van der Waals surface area contributed by atoms with Crippen LogP contribution in [0.4, 0.5) is 0 Å². The summed E-state index contributed by atoms with van der Waals surface area (Å²) in [5.74, 6) is 0. The highest BCUT2D eigenvalue weighted by molar-refractivity contribution is 7.47. The molecule has 0 saturated heterocycles. The smallest absolute Gasteiger partial charge is 0.387 e. The van der Waals surface area contributed by atoms with Crippen molar-refractivity contribution in [2.45, 2.75) is 127 Å². The van der Waals surface area contributed by atoms with Crippen molar-refractivity contribution in [1.82, 2.24) is 0 Å². The third-order valence-corrected chi connectivity index (χ3v) is 8.39. The first kappa shape index (κ1) is 40.0. The zero-order valence-corrected chi connectivity index (χ0v) is 26.3. The van der Waals surface area contributed by atoms with E-state index in [0.29, 0.717) is 19.8 Å². The molecule has 0 heterocycles. The first-order valence-electron chi connectivity index (χ1n) is 14.8. The van der Waals surface area contributed by atoms with E-state index in [1.54, 1.807) is 0 Å². The Labute approximate surface area is 248 Å². The number of aliphatic hydroxyl groups excluding tert-OH is 4. The highest BCUT2D eigenvalue weighted by Crippen LogP contribution is 2.48. The van der Waals surface area contributed by atoms with Crippen molar-refractivity contribution in [3.8, 4) is 0 Å². The number of phosphoric ester groups is 2. The summed E-state index contributed by atoms with van der Waals surface area (Å²) < 4.78 is 49.7. The van der Waals surface area contributed by atoms with Crippen molar-refractivity contribution in [2.75, 3.05) is 33.0 Å². The highest BCUT2D eigenvalue weighted by atomic mass is 31.2. The molecule has 0 aliphatic heterocycles. The lowest BCUT2D eigenvalue weighted by molar-refractivity contribution is -0.216. The Kier molecular flexibility index (Phi) is 20.6. The standard InChI is InChI=1S/C25H53NO14P2/c1-2-3-4-5-10-13-16-37-19(17-36-15-12-9-7-6-8-11-14-26)18-38-42(34,35)40-25-22(29)20(27)21(28)24(23(25)30)39-41(31,32)33/h19-25,27-30H,2-18,26H2,1H3,(H,34,35)(H2,31,32,33)/t19-,20+,21+,22-,23-,24-,25+/m1/s1. The number of aliphatic hydroxyl groups is 4. The van der Waals surface area contributed by atoms with Crippen LogP contribution >= 0.6 is 15.6 Å². The summed E-state index contributed by atoms with van der Waals surface area (Å²) >= 11 is 0. The van der Waals surface area contributed by atoms with Crippen LogP contribution in [0.15, 0.2) is 0 Å². The molecule has 0 spiro atoms. The first-order valence-corrected chi connectivity index (χ1v) is 17.9. The van der Waals surface area contributed by atoms with Crippen LogP contribution in [0.1, 0.15) is 84.0 Å². The molecule has 8 atom stereocenters. The number of rotatable bonds is 25. The molecule has 0 radical (unpaired) electrons. The second-order valence-corrected chi connectivity index (χ2v) is 13.2. The van der Waals surface area contributed by atoms with Gasteiger partial charge >= 0.3 is 15.6 Å². The van der Waals surface area contributed by atoms with Gasteiger partial charge in [0, 0.05) is 13.2 Å². The Balaban J connectivity index is 2.67. The van der Waals surface area contributed by atoms with E-state index in [1.165, 1.54) is 0 Å². The summed E-state index contributed by atoms with van der Waals surface area (Å²) in [5, 5.41) is 40.6. The number of nitrogens with two attached hydrogens (primary N) is 1. The molecule has 42 heavy (non-hydrogen) atoms. The monoisotopic (exact) mass is 653 g/mol. The first-order chi connectivity index (χ1) is 19.8. The van der Waals surface area contributed by atoms with E-state index in [0.717, 1.165) is 77.0 Å². The summed E-state index contributed by atoms with van der Waals surface area (Å²) in [6, 6.07) is 0. The summed E-state index contributed by atoms with van der Waals surface area (Å²) in [6.45, 7) is 3.27. The van der Waals surface area contributed by atoms with E-state index in [4.69, 9.17) is 34.0 Å². The molecule has 0 amide bonds. The summed E-state index contributed by atoms with van der Waals surface area (Å²) in [7, 11) is -10.3. The fraction of sp³-hybridized carbons (Fsp3) is 1.00. The Morgan fingerprint density at radius 1 is 0.667 bits per heavy atom. The third kappa shape index (κ3) is 16.9.